The van der Waals surface area contributed by atoms with E-state index in [1.54, 1.807) is 0 Å². The summed E-state index contributed by atoms with van der Waals surface area (Å²) in [6, 6.07) is 4.03. The number of benzene rings is 1. The van der Waals surface area contributed by atoms with Crippen molar-refractivity contribution in [1.29, 1.82) is 0 Å². The molecule has 0 heterocycles. The van der Waals surface area contributed by atoms with Crippen molar-refractivity contribution in [3.63, 3.8) is 0 Å². The third kappa shape index (κ3) is 2.40. The van der Waals surface area contributed by atoms with E-state index in [4.69, 9.17) is 16.7 Å². The van der Waals surface area contributed by atoms with Crippen molar-refractivity contribution in [2.45, 2.75) is 13.8 Å². The van der Waals surface area contributed by atoms with Crippen LogP contribution in [-0.4, -0.2) is 25.3 Å². The Kier molecular flexibility index (Phi) is 3.78. The van der Waals surface area contributed by atoms with Crippen LogP contribution in [0.4, 0.5) is 5.69 Å². The highest BCUT2D eigenvalue weighted by Crippen LogP contribution is 2.29. The fourth-order valence-electron chi connectivity index (χ4n) is 1.65. The van der Waals surface area contributed by atoms with E-state index in [0.29, 0.717) is 6.54 Å². The van der Waals surface area contributed by atoms with Crippen molar-refractivity contribution < 1.29 is 5.11 Å². The molecule has 2 nitrogen and oxygen atoms in total. The number of halogens is 1. The molecule has 0 spiro atoms. The van der Waals surface area contributed by atoms with Crippen LogP contribution in [0.1, 0.15) is 11.1 Å². The second kappa shape index (κ2) is 4.67. The predicted octanol–water partition coefficient (Wildman–Crippen LogP) is 2.39. The zero-order valence-corrected chi connectivity index (χ0v) is 9.60. The first kappa shape index (κ1) is 11.3. The van der Waals surface area contributed by atoms with Crippen molar-refractivity contribution in [1.82, 2.24) is 0 Å². The molecule has 3 heteroatoms. The summed E-state index contributed by atoms with van der Waals surface area (Å²) in [7, 11) is 1.93. The number of aliphatic hydroxyl groups excluding tert-OH is 1. The quantitative estimate of drug-likeness (QED) is 0.834. The maximum atomic E-state index is 8.85. The van der Waals surface area contributed by atoms with Crippen molar-refractivity contribution in [2.75, 3.05) is 25.1 Å². The highest BCUT2D eigenvalue weighted by Gasteiger charge is 2.09. The fraction of sp³-hybridized carbons (Fsp3) is 0.455. The average molecular weight is 214 g/mol. The van der Waals surface area contributed by atoms with Crippen molar-refractivity contribution in [2.24, 2.45) is 0 Å². The third-order valence-electron chi connectivity index (χ3n) is 2.22. The van der Waals surface area contributed by atoms with Gasteiger partial charge in [-0.05, 0) is 31.0 Å². The molecule has 0 aliphatic heterocycles. The van der Waals surface area contributed by atoms with Crippen LogP contribution in [0.5, 0.6) is 0 Å². The number of anilines is 1. The van der Waals surface area contributed by atoms with Crippen LogP contribution in [0.25, 0.3) is 0 Å². The van der Waals surface area contributed by atoms with Crippen molar-refractivity contribution in [3.05, 3.63) is 28.3 Å². The first-order chi connectivity index (χ1) is 6.56. The molecule has 0 bridgehead atoms. The summed E-state index contributed by atoms with van der Waals surface area (Å²) in [4.78, 5) is 1.97. The van der Waals surface area contributed by atoms with Gasteiger partial charge in [0.25, 0.3) is 0 Å². The normalized spacial score (nSPS) is 10.4. The largest absolute Gasteiger partial charge is 0.395 e. The predicted molar refractivity (Wildman–Crippen MR) is 61.3 cm³/mol. The zero-order chi connectivity index (χ0) is 10.7. The van der Waals surface area contributed by atoms with E-state index in [-0.39, 0.29) is 6.61 Å². The van der Waals surface area contributed by atoms with Crippen LogP contribution >= 0.6 is 11.6 Å². The summed E-state index contributed by atoms with van der Waals surface area (Å²) < 4.78 is 0. The van der Waals surface area contributed by atoms with Crippen LogP contribution in [0.2, 0.25) is 5.02 Å². The molecule has 1 aromatic rings. The number of rotatable bonds is 3. The minimum atomic E-state index is 0.139. The Labute approximate surface area is 90.1 Å². The zero-order valence-electron chi connectivity index (χ0n) is 8.84. The van der Waals surface area contributed by atoms with E-state index in [0.717, 1.165) is 21.8 Å². The van der Waals surface area contributed by atoms with Crippen LogP contribution in [0, 0.1) is 13.8 Å². The number of nitrogens with zero attached hydrogens (tertiary/aromatic N) is 1. The molecule has 1 aromatic carbocycles. The molecule has 0 unspecified atom stereocenters. The van der Waals surface area contributed by atoms with Gasteiger partial charge in [-0.2, -0.15) is 0 Å². The molecule has 0 aliphatic rings. The summed E-state index contributed by atoms with van der Waals surface area (Å²) in [5.41, 5.74) is 3.31. The lowest BCUT2D eigenvalue weighted by Crippen LogP contribution is -2.22. The van der Waals surface area contributed by atoms with Crippen LogP contribution < -0.4 is 4.90 Å². The molecule has 0 aliphatic carbocycles. The molecule has 0 saturated carbocycles. The molecule has 78 valence electrons. The lowest BCUT2D eigenvalue weighted by molar-refractivity contribution is 0.304. The standard InChI is InChI=1S/C11H16ClNO/c1-8-6-9(2)11(10(12)7-8)13(3)4-5-14/h6-7,14H,4-5H2,1-3H3. The van der Waals surface area contributed by atoms with Gasteiger partial charge in [-0.1, -0.05) is 17.7 Å². The monoisotopic (exact) mass is 213 g/mol. The average Bonchev–Trinajstić information content (AvgIpc) is 2.01. The topological polar surface area (TPSA) is 23.5 Å². The van der Waals surface area contributed by atoms with Gasteiger partial charge in [0.15, 0.2) is 0 Å². The summed E-state index contributed by atoms with van der Waals surface area (Å²) >= 11 is 6.14. The van der Waals surface area contributed by atoms with Gasteiger partial charge < -0.3 is 10.0 Å². The maximum absolute atomic E-state index is 8.85. The molecule has 0 atom stereocenters. The van der Waals surface area contributed by atoms with Crippen molar-refractivity contribution in [3.8, 4) is 0 Å². The first-order valence-electron chi connectivity index (χ1n) is 4.65. The van der Waals surface area contributed by atoms with Gasteiger partial charge in [0, 0.05) is 13.6 Å². The Morgan fingerprint density at radius 2 is 2.00 bits per heavy atom. The number of aryl methyl sites for hydroxylation is 2. The maximum Gasteiger partial charge on any atom is 0.0644 e. The van der Waals surface area contributed by atoms with E-state index < -0.39 is 0 Å². The summed E-state index contributed by atoms with van der Waals surface area (Å²) in [6.07, 6.45) is 0. The minimum absolute atomic E-state index is 0.139. The fourth-order valence-corrected chi connectivity index (χ4v) is 2.12. The Hall–Kier alpha value is -0.730. The minimum Gasteiger partial charge on any atom is -0.395 e. The molecule has 0 radical (unpaired) electrons. The van der Waals surface area contributed by atoms with Gasteiger partial charge in [-0.3, -0.25) is 0 Å². The Bertz CT molecular complexity index is 302. The van der Waals surface area contributed by atoms with Gasteiger partial charge in [0.05, 0.1) is 17.3 Å². The van der Waals surface area contributed by atoms with E-state index >= 15 is 0 Å². The molecule has 0 saturated heterocycles. The van der Waals surface area contributed by atoms with E-state index in [1.165, 1.54) is 0 Å². The van der Waals surface area contributed by atoms with Crippen molar-refractivity contribution >= 4 is 17.3 Å². The van der Waals surface area contributed by atoms with Gasteiger partial charge >= 0.3 is 0 Å². The van der Waals surface area contributed by atoms with Gasteiger partial charge in [-0.15, -0.1) is 0 Å². The third-order valence-corrected chi connectivity index (χ3v) is 2.50. The molecule has 0 fully saturated rings. The molecule has 1 N–H and O–H groups in total. The highest BCUT2D eigenvalue weighted by molar-refractivity contribution is 6.33. The molecular weight excluding hydrogens is 198 g/mol. The lowest BCUT2D eigenvalue weighted by atomic mass is 10.1. The van der Waals surface area contributed by atoms with E-state index in [2.05, 4.69) is 6.07 Å². The first-order valence-corrected chi connectivity index (χ1v) is 5.02. The number of hydrogen-bond donors (Lipinski definition) is 1. The van der Waals surface area contributed by atoms with Gasteiger partial charge in [0.2, 0.25) is 0 Å². The van der Waals surface area contributed by atoms with Gasteiger partial charge in [-0.25, -0.2) is 0 Å². The van der Waals surface area contributed by atoms with E-state index in [9.17, 15) is 0 Å². The Morgan fingerprint density at radius 1 is 1.36 bits per heavy atom. The smallest absolute Gasteiger partial charge is 0.0644 e. The molecule has 14 heavy (non-hydrogen) atoms. The number of likely N-dealkylation sites (N-methyl/N-ethyl adjacent to an activating group) is 1. The molecule has 1 rings (SSSR count). The molecule has 0 aromatic heterocycles. The number of aliphatic hydroxyl groups is 1. The number of hydrogen-bond acceptors (Lipinski definition) is 2. The Balaban J connectivity index is 3.07. The van der Waals surface area contributed by atoms with Crippen LogP contribution in [-0.2, 0) is 0 Å². The summed E-state index contributed by atoms with van der Waals surface area (Å²) in [5.74, 6) is 0. The van der Waals surface area contributed by atoms with Crippen LogP contribution in [0.15, 0.2) is 12.1 Å². The summed E-state index contributed by atoms with van der Waals surface area (Å²) in [6.45, 7) is 4.79. The Morgan fingerprint density at radius 3 is 2.50 bits per heavy atom. The molecular formula is C11H16ClNO. The van der Waals surface area contributed by atoms with E-state index in [1.807, 2.05) is 31.9 Å². The second-order valence-corrected chi connectivity index (χ2v) is 3.96. The molecule has 0 amide bonds. The van der Waals surface area contributed by atoms with Crippen LogP contribution in [0.3, 0.4) is 0 Å². The van der Waals surface area contributed by atoms with Gasteiger partial charge in [0.1, 0.15) is 0 Å². The lowest BCUT2D eigenvalue weighted by Gasteiger charge is -2.22. The second-order valence-electron chi connectivity index (χ2n) is 3.56. The summed E-state index contributed by atoms with van der Waals surface area (Å²) in [5, 5.41) is 9.60. The highest BCUT2D eigenvalue weighted by atomic mass is 35.5. The SMILES string of the molecule is Cc1cc(C)c(N(C)CCO)c(Cl)c1.